The number of halogens is 1. The van der Waals surface area contributed by atoms with Crippen LogP contribution >= 0.6 is 15.9 Å². The summed E-state index contributed by atoms with van der Waals surface area (Å²) < 4.78 is 5.32. The molecule has 0 bridgehead atoms. The number of nitrogens with zero attached hydrogens (tertiary/aromatic N) is 1. The van der Waals surface area contributed by atoms with Crippen molar-refractivity contribution >= 4 is 50.0 Å². The van der Waals surface area contributed by atoms with Gasteiger partial charge in [-0.3, -0.25) is 19.1 Å². The minimum Gasteiger partial charge on any atom is -0.349 e. The number of aromatic amines is 2. The summed E-state index contributed by atoms with van der Waals surface area (Å²) in [5.41, 5.74) is 2.57. The van der Waals surface area contributed by atoms with Gasteiger partial charge in [0, 0.05) is 21.3 Å². The standard InChI is InChI=1S/C21H16BrN5O4/c22-12-6-7-14(13(9-12)18-26-21(30)31-27-18)24-20(29)16-8-11-2-1-3-15(17(11)23-16)25-19(28)10-4-5-10/h1-3,6-10,23H,4-5H2,(H,24,29)(H,25,28)(H,26,27,30). The van der Waals surface area contributed by atoms with Crippen LogP contribution in [0.2, 0.25) is 0 Å². The highest BCUT2D eigenvalue weighted by molar-refractivity contribution is 9.10. The van der Waals surface area contributed by atoms with Crippen LogP contribution in [-0.2, 0) is 4.79 Å². The normalized spacial score (nSPS) is 13.3. The third kappa shape index (κ3) is 3.89. The lowest BCUT2D eigenvalue weighted by Crippen LogP contribution is -2.14. The summed E-state index contributed by atoms with van der Waals surface area (Å²) in [4.78, 5) is 42.0. The molecule has 0 saturated heterocycles. The van der Waals surface area contributed by atoms with Crippen molar-refractivity contribution in [3.05, 3.63) is 63.2 Å². The second-order valence-electron chi connectivity index (χ2n) is 7.30. The maximum Gasteiger partial charge on any atom is 0.439 e. The molecular formula is C21H16BrN5O4. The number of rotatable bonds is 5. The molecule has 10 heteroatoms. The Labute approximate surface area is 183 Å². The van der Waals surface area contributed by atoms with E-state index in [4.69, 9.17) is 0 Å². The number of para-hydroxylation sites is 1. The van der Waals surface area contributed by atoms with Crippen LogP contribution in [0, 0.1) is 5.92 Å². The number of hydrogen-bond acceptors (Lipinski definition) is 5. The van der Waals surface area contributed by atoms with Crippen LogP contribution in [-0.4, -0.2) is 26.9 Å². The minimum absolute atomic E-state index is 0.00536. The zero-order valence-corrected chi connectivity index (χ0v) is 17.6. The molecule has 0 spiro atoms. The van der Waals surface area contributed by atoms with Crippen molar-refractivity contribution in [3.63, 3.8) is 0 Å². The van der Waals surface area contributed by atoms with E-state index in [0.717, 1.165) is 22.7 Å². The summed E-state index contributed by atoms with van der Waals surface area (Å²) in [7, 11) is 0. The number of amides is 2. The smallest absolute Gasteiger partial charge is 0.349 e. The van der Waals surface area contributed by atoms with Gasteiger partial charge in [0.15, 0.2) is 5.82 Å². The number of aromatic nitrogens is 3. The largest absolute Gasteiger partial charge is 0.439 e. The van der Waals surface area contributed by atoms with Crippen molar-refractivity contribution in [3.8, 4) is 11.4 Å². The van der Waals surface area contributed by atoms with Gasteiger partial charge in [0.1, 0.15) is 5.69 Å². The zero-order chi connectivity index (χ0) is 21.5. The molecule has 2 aromatic carbocycles. The van der Waals surface area contributed by atoms with E-state index in [-0.39, 0.29) is 23.6 Å². The molecule has 1 saturated carbocycles. The van der Waals surface area contributed by atoms with Crippen molar-refractivity contribution in [2.45, 2.75) is 12.8 Å². The predicted molar refractivity (Wildman–Crippen MR) is 118 cm³/mol. The molecule has 0 radical (unpaired) electrons. The second kappa shape index (κ2) is 7.55. The van der Waals surface area contributed by atoms with E-state index < -0.39 is 5.76 Å². The van der Waals surface area contributed by atoms with Gasteiger partial charge < -0.3 is 15.6 Å². The van der Waals surface area contributed by atoms with Gasteiger partial charge in [0.2, 0.25) is 5.91 Å². The number of benzene rings is 2. The van der Waals surface area contributed by atoms with Gasteiger partial charge in [-0.1, -0.05) is 33.2 Å². The fourth-order valence-electron chi connectivity index (χ4n) is 3.32. The Morgan fingerprint density at radius 1 is 1.06 bits per heavy atom. The first-order valence-corrected chi connectivity index (χ1v) is 10.4. The molecule has 1 aliphatic carbocycles. The Kier molecular flexibility index (Phi) is 4.70. The summed E-state index contributed by atoms with van der Waals surface area (Å²) in [6.07, 6.45) is 1.82. The molecule has 1 fully saturated rings. The zero-order valence-electron chi connectivity index (χ0n) is 16.0. The van der Waals surface area contributed by atoms with E-state index in [0.29, 0.717) is 28.1 Å². The summed E-state index contributed by atoms with van der Waals surface area (Å²) in [5.74, 6) is -0.807. The first-order chi connectivity index (χ1) is 15.0. The molecule has 31 heavy (non-hydrogen) atoms. The van der Waals surface area contributed by atoms with Crippen LogP contribution in [0.15, 0.2) is 56.3 Å². The molecule has 9 nitrogen and oxygen atoms in total. The van der Waals surface area contributed by atoms with Gasteiger partial charge >= 0.3 is 5.76 Å². The predicted octanol–water partition coefficient (Wildman–Crippen LogP) is 3.87. The van der Waals surface area contributed by atoms with Crippen molar-refractivity contribution < 1.29 is 14.1 Å². The topological polar surface area (TPSA) is 133 Å². The van der Waals surface area contributed by atoms with Gasteiger partial charge in [0.25, 0.3) is 5.91 Å². The number of H-pyrrole nitrogens is 2. The maximum absolute atomic E-state index is 13.0. The lowest BCUT2D eigenvalue weighted by atomic mass is 10.1. The van der Waals surface area contributed by atoms with Crippen LogP contribution in [0.3, 0.4) is 0 Å². The minimum atomic E-state index is -0.691. The van der Waals surface area contributed by atoms with Crippen molar-refractivity contribution in [1.82, 2.24) is 15.1 Å². The molecule has 4 aromatic rings. The molecule has 0 aliphatic heterocycles. The summed E-state index contributed by atoms with van der Waals surface area (Å²) in [6.45, 7) is 0. The molecule has 2 amide bonds. The average molecular weight is 482 g/mol. The van der Waals surface area contributed by atoms with E-state index in [2.05, 4.69) is 46.2 Å². The molecule has 2 aromatic heterocycles. The first kappa shape index (κ1) is 19.3. The van der Waals surface area contributed by atoms with Crippen LogP contribution in [0.4, 0.5) is 11.4 Å². The quantitative estimate of drug-likeness (QED) is 0.343. The Morgan fingerprint density at radius 3 is 2.65 bits per heavy atom. The van der Waals surface area contributed by atoms with Crippen LogP contribution in [0.1, 0.15) is 23.3 Å². The second-order valence-corrected chi connectivity index (χ2v) is 8.22. The average Bonchev–Trinajstić information content (AvgIpc) is 3.36. The molecule has 156 valence electrons. The molecule has 1 aliphatic rings. The Hall–Kier alpha value is -3.66. The van der Waals surface area contributed by atoms with Crippen LogP contribution < -0.4 is 16.4 Å². The molecule has 5 rings (SSSR count). The highest BCUT2D eigenvalue weighted by Gasteiger charge is 2.30. The van der Waals surface area contributed by atoms with E-state index in [1.165, 1.54) is 0 Å². The van der Waals surface area contributed by atoms with Crippen LogP contribution in [0.25, 0.3) is 22.3 Å². The molecular weight excluding hydrogens is 466 g/mol. The third-order valence-electron chi connectivity index (χ3n) is 5.03. The van der Waals surface area contributed by atoms with Gasteiger partial charge in [0.05, 0.1) is 16.9 Å². The van der Waals surface area contributed by atoms with Gasteiger partial charge in [-0.2, -0.15) is 0 Å². The van der Waals surface area contributed by atoms with Crippen molar-refractivity contribution in [1.29, 1.82) is 0 Å². The van der Waals surface area contributed by atoms with Crippen molar-refractivity contribution in [2.75, 3.05) is 10.6 Å². The van der Waals surface area contributed by atoms with Crippen LogP contribution in [0.5, 0.6) is 0 Å². The number of anilines is 2. The lowest BCUT2D eigenvalue weighted by Gasteiger charge is -2.09. The number of carbonyl (C=O) groups is 2. The Bertz CT molecular complexity index is 1380. The van der Waals surface area contributed by atoms with E-state index in [1.54, 1.807) is 30.3 Å². The molecule has 4 N–H and O–H groups in total. The van der Waals surface area contributed by atoms with E-state index in [1.807, 2.05) is 12.1 Å². The SMILES string of the molecule is O=C(Nc1ccc(Br)cc1-c1noc(=O)[nH]1)c1cc2cccc(NC(=O)C3CC3)c2[nH]1. The van der Waals surface area contributed by atoms with Gasteiger partial charge in [-0.05, 0) is 43.2 Å². The maximum atomic E-state index is 13.0. The van der Waals surface area contributed by atoms with E-state index in [9.17, 15) is 14.4 Å². The van der Waals surface area contributed by atoms with E-state index >= 15 is 0 Å². The Morgan fingerprint density at radius 2 is 1.90 bits per heavy atom. The third-order valence-corrected chi connectivity index (χ3v) is 5.53. The Balaban J connectivity index is 1.45. The highest BCUT2D eigenvalue weighted by atomic mass is 79.9. The molecule has 0 unspecified atom stereocenters. The number of nitrogens with one attached hydrogen (secondary N) is 4. The monoisotopic (exact) mass is 481 g/mol. The summed E-state index contributed by atoms with van der Waals surface area (Å²) in [5, 5.41) is 10.3. The van der Waals surface area contributed by atoms with Crippen molar-refractivity contribution in [2.24, 2.45) is 5.92 Å². The first-order valence-electron chi connectivity index (χ1n) is 9.58. The molecule has 2 heterocycles. The van der Waals surface area contributed by atoms with Gasteiger partial charge in [-0.25, -0.2) is 4.79 Å². The summed E-state index contributed by atoms with van der Waals surface area (Å²) >= 11 is 3.37. The highest BCUT2D eigenvalue weighted by Crippen LogP contribution is 2.32. The lowest BCUT2D eigenvalue weighted by molar-refractivity contribution is -0.117. The fourth-order valence-corrected chi connectivity index (χ4v) is 3.68. The number of carbonyl (C=O) groups excluding carboxylic acids is 2. The van der Waals surface area contributed by atoms with Gasteiger partial charge in [-0.15, -0.1) is 0 Å². The fraction of sp³-hybridized carbons (Fsp3) is 0.143. The number of fused-ring (bicyclic) bond motifs is 1. The molecule has 0 atom stereocenters. The summed E-state index contributed by atoms with van der Waals surface area (Å²) in [6, 6.07) is 12.4. The number of hydrogen-bond donors (Lipinski definition) is 4.